The summed E-state index contributed by atoms with van der Waals surface area (Å²) in [6, 6.07) is 2.45. The van der Waals surface area contributed by atoms with E-state index in [1.807, 2.05) is 13.8 Å². The van der Waals surface area contributed by atoms with Crippen LogP contribution in [-0.2, 0) is 4.79 Å². The van der Waals surface area contributed by atoms with Gasteiger partial charge in [-0.25, -0.2) is 4.79 Å². The summed E-state index contributed by atoms with van der Waals surface area (Å²) in [5, 5.41) is 21.4. The molecule has 7 nitrogen and oxygen atoms in total. The van der Waals surface area contributed by atoms with Crippen LogP contribution in [0.5, 0.6) is 11.5 Å². The lowest BCUT2D eigenvalue weighted by Crippen LogP contribution is -2.43. The predicted octanol–water partition coefficient (Wildman–Crippen LogP) is 1.97. The molecule has 1 aromatic rings. The molecule has 0 spiro atoms. The van der Waals surface area contributed by atoms with E-state index in [9.17, 15) is 19.8 Å². The van der Waals surface area contributed by atoms with Gasteiger partial charge in [-0.1, -0.05) is 6.07 Å². The second-order valence-electron chi connectivity index (χ2n) is 5.61. The van der Waals surface area contributed by atoms with Gasteiger partial charge in [-0.15, -0.1) is 11.8 Å². The van der Waals surface area contributed by atoms with Gasteiger partial charge >= 0.3 is 11.9 Å². The molecule has 2 unspecified atom stereocenters. The average molecular weight is 341 g/mol. The van der Waals surface area contributed by atoms with Crippen molar-refractivity contribution in [1.82, 2.24) is 5.32 Å². The van der Waals surface area contributed by atoms with Crippen LogP contribution in [0.3, 0.4) is 0 Å². The largest absolute Gasteiger partial charge is 0.493 e. The minimum atomic E-state index is -1.16. The summed E-state index contributed by atoms with van der Waals surface area (Å²) in [5.74, 6) is -1.70. The highest BCUT2D eigenvalue weighted by Gasteiger charge is 2.46. The van der Waals surface area contributed by atoms with Crippen LogP contribution in [0.25, 0.3) is 0 Å². The van der Waals surface area contributed by atoms with E-state index in [0.29, 0.717) is 11.3 Å². The van der Waals surface area contributed by atoms with Gasteiger partial charge in [-0.3, -0.25) is 10.1 Å². The Morgan fingerprint density at radius 2 is 1.87 bits per heavy atom. The van der Waals surface area contributed by atoms with Gasteiger partial charge in [0.2, 0.25) is 0 Å². The molecule has 0 bridgehead atoms. The Bertz CT molecular complexity index is 645. The molecule has 126 valence electrons. The van der Waals surface area contributed by atoms with Gasteiger partial charge in [0.05, 0.1) is 19.6 Å². The highest BCUT2D eigenvalue weighted by Crippen LogP contribution is 2.48. The van der Waals surface area contributed by atoms with Crippen LogP contribution in [0.4, 0.5) is 0 Å². The molecule has 2 atom stereocenters. The van der Waals surface area contributed by atoms with E-state index >= 15 is 0 Å². The van der Waals surface area contributed by atoms with Crippen molar-refractivity contribution in [3.8, 4) is 11.5 Å². The average Bonchev–Trinajstić information content (AvgIpc) is 2.80. The molecule has 0 amide bonds. The molecule has 0 aliphatic carbocycles. The fraction of sp³-hybridized carbons (Fsp3) is 0.467. The Hall–Kier alpha value is -1.93. The first-order valence-electron chi connectivity index (χ1n) is 6.87. The Morgan fingerprint density at radius 3 is 2.30 bits per heavy atom. The minimum absolute atomic E-state index is 0.0290. The Morgan fingerprint density at radius 1 is 1.22 bits per heavy atom. The highest BCUT2D eigenvalue weighted by molar-refractivity contribution is 8.01. The van der Waals surface area contributed by atoms with Crippen LogP contribution in [0, 0.1) is 0 Å². The SMILES string of the molecule is COc1ccc(C2NC(C(=O)O)C(C)(C)S2)c(C(=O)O)c1OC. The third-order valence-electron chi connectivity index (χ3n) is 3.76. The van der Waals surface area contributed by atoms with Crippen molar-refractivity contribution < 1.29 is 29.3 Å². The first-order chi connectivity index (χ1) is 10.7. The molecule has 1 aromatic carbocycles. The van der Waals surface area contributed by atoms with Crippen LogP contribution >= 0.6 is 11.8 Å². The van der Waals surface area contributed by atoms with Crippen molar-refractivity contribution >= 4 is 23.7 Å². The summed E-state index contributed by atoms with van der Waals surface area (Å²) in [4.78, 5) is 23.1. The third-order valence-corrected chi connectivity index (χ3v) is 5.22. The van der Waals surface area contributed by atoms with Crippen LogP contribution in [0.15, 0.2) is 12.1 Å². The molecule has 1 fully saturated rings. The lowest BCUT2D eigenvalue weighted by molar-refractivity contribution is -0.139. The first-order valence-corrected chi connectivity index (χ1v) is 7.75. The number of carboxylic acids is 2. The Kier molecular flexibility index (Phi) is 4.76. The molecule has 0 saturated carbocycles. The van der Waals surface area contributed by atoms with Gasteiger partial charge in [-0.2, -0.15) is 0 Å². The maximum absolute atomic E-state index is 11.7. The highest BCUT2D eigenvalue weighted by atomic mass is 32.2. The van der Waals surface area contributed by atoms with Gasteiger partial charge in [0.25, 0.3) is 0 Å². The van der Waals surface area contributed by atoms with E-state index in [1.54, 1.807) is 12.1 Å². The first kappa shape index (κ1) is 17.4. The van der Waals surface area contributed by atoms with Gasteiger partial charge in [0, 0.05) is 4.75 Å². The molecule has 2 rings (SSSR count). The van der Waals surface area contributed by atoms with E-state index in [2.05, 4.69) is 5.32 Å². The van der Waals surface area contributed by atoms with Crippen molar-refractivity contribution in [2.45, 2.75) is 30.0 Å². The van der Waals surface area contributed by atoms with Crippen LogP contribution in [-0.4, -0.2) is 47.2 Å². The van der Waals surface area contributed by atoms with Gasteiger partial charge in [-0.05, 0) is 25.5 Å². The van der Waals surface area contributed by atoms with Crippen LogP contribution < -0.4 is 14.8 Å². The predicted molar refractivity (Wildman–Crippen MR) is 85.5 cm³/mol. The number of hydrogen-bond acceptors (Lipinski definition) is 6. The number of nitrogens with one attached hydrogen (secondary N) is 1. The van der Waals surface area contributed by atoms with Crippen molar-refractivity contribution in [3.05, 3.63) is 23.3 Å². The van der Waals surface area contributed by atoms with E-state index < -0.39 is 28.1 Å². The molecule has 1 saturated heterocycles. The fourth-order valence-corrected chi connectivity index (χ4v) is 4.10. The lowest BCUT2D eigenvalue weighted by atomic mass is 10.0. The molecule has 1 heterocycles. The summed E-state index contributed by atoms with van der Waals surface area (Å²) in [7, 11) is 2.79. The second kappa shape index (κ2) is 6.29. The van der Waals surface area contributed by atoms with E-state index in [0.717, 1.165) is 0 Å². The number of carbonyl (C=O) groups is 2. The number of aliphatic carboxylic acids is 1. The van der Waals surface area contributed by atoms with Crippen molar-refractivity contribution in [1.29, 1.82) is 0 Å². The van der Waals surface area contributed by atoms with E-state index in [-0.39, 0.29) is 11.3 Å². The molecule has 23 heavy (non-hydrogen) atoms. The monoisotopic (exact) mass is 341 g/mol. The van der Waals surface area contributed by atoms with Crippen molar-refractivity contribution in [2.24, 2.45) is 0 Å². The Balaban J connectivity index is 2.53. The Labute approximate surface area is 138 Å². The van der Waals surface area contributed by atoms with Gasteiger partial charge < -0.3 is 19.7 Å². The zero-order valence-corrected chi connectivity index (χ0v) is 14.1. The van der Waals surface area contributed by atoms with E-state index in [4.69, 9.17) is 9.47 Å². The normalized spacial score (nSPS) is 22.6. The summed E-state index contributed by atoms with van der Waals surface area (Å²) in [6.45, 7) is 3.62. The smallest absolute Gasteiger partial charge is 0.340 e. The molecule has 1 aliphatic rings. The zero-order valence-electron chi connectivity index (χ0n) is 13.2. The number of thioether (sulfide) groups is 1. The van der Waals surface area contributed by atoms with Gasteiger partial charge in [0.1, 0.15) is 11.6 Å². The maximum Gasteiger partial charge on any atom is 0.340 e. The van der Waals surface area contributed by atoms with E-state index in [1.165, 1.54) is 26.0 Å². The zero-order chi connectivity index (χ0) is 17.4. The summed E-state index contributed by atoms with van der Waals surface area (Å²) < 4.78 is 9.75. The van der Waals surface area contributed by atoms with Crippen molar-refractivity contribution in [3.63, 3.8) is 0 Å². The quantitative estimate of drug-likeness (QED) is 0.746. The molecule has 1 aliphatic heterocycles. The van der Waals surface area contributed by atoms with Crippen LogP contribution in [0.2, 0.25) is 0 Å². The van der Waals surface area contributed by atoms with Crippen LogP contribution in [0.1, 0.15) is 35.1 Å². The standard InChI is InChI=1S/C15H19NO6S/c1-15(2)11(14(19)20)16-12(23-15)7-5-6-8(21-3)10(22-4)9(7)13(17)18/h5-6,11-12,16H,1-4H3,(H,17,18)(H,19,20). The number of aromatic carboxylic acids is 1. The third kappa shape index (κ3) is 3.09. The maximum atomic E-state index is 11.7. The molecule has 3 N–H and O–H groups in total. The second-order valence-corrected chi connectivity index (χ2v) is 7.37. The van der Waals surface area contributed by atoms with Crippen molar-refractivity contribution in [2.75, 3.05) is 14.2 Å². The summed E-state index contributed by atoms with van der Waals surface area (Å²) in [6.07, 6.45) is 0. The number of methoxy groups -OCH3 is 2. The van der Waals surface area contributed by atoms with Gasteiger partial charge in [0.15, 0.2) is 11.5 Å². The summed E-state index contributed by atoms with van der Waals surface area (Å²) >= 11 is 1.37. The molecule has 0 aromatic heterocycles. The number of hydrogen-bond donors (Lipinski definition) is 3. The minimum Gasteiger partial charge on any atom is -0.493 e. The molecular formula is C15H19NO6S. The molecule has 0 radical (unpaired) electrons. The molecular weight excluding hydrogens is 322 g/mol. The lowest BCUT2D eigenvalue weighted by Gasteiger charge is -2.21. The number of ether oxygens (including phenoxy) is 2. The topological polar surface area (TPSA) is 105 Å². The number of benzene rings is 1. The number of carboxylic acid groups (broad SMARTS) is 2. The summed E-state index contributed by atoms with van der Waals surface area (Å²) in [5.41, 5.74) is 0.427. The number of rotatable bonds is 5. The fourth-order valence-electron chi connectivity index (χ4n) is 2.66. The molecule has 8 heteroatoms.